The van der Waals surface area contributed by atoms with Crippen LogP contribution in [0.2, 0.25) is 0 Å². The predicted octanol–water partition coefficient (Wildman–Crippen LogP) is 3.50. The Kier molecular flexibility index (Phi) is 5.67. The van der Waals surface area contributed by atoms with Crippen LogP contribution in [0.4, 0.5) is 5.69 Å². The monoisotopic (exact) mass is 386 g/mol. The second-order valence-corrected chi connectivity index (χ2v) is 9.33. The summed E-state index contributed by atoms with van der Waals surface area (Å²) in [7, 11) is -3.65. The maximum atomic E-state index is 12.8. The maximum Gasteiger partial charge on any atom is 0.241 e. The number of sulfonamides is 1. The molecule has 0 unspecified atom stereocenters. The van der Waals surface area contributed by atoms with Crippen LogP contribution in [0, 0.1) is 0 Å². The van der Waals surface area contributed by atoms with E-state index in [2.05, 4.69) is 4.72 Å². The lowest BCUT2D eigenvalue weighted by atomic mass is 9.96. The van der Waals surface area contributed by atoms with E-state index in [1.165, 1.54) is 0 Å². The molecule has 1 fully saturated rings. The number of nitrogens with one attached hydrogen (secondary N) is 1. The largest absolute Gasteiger partial charge is 0.312 e. The average Bonchev–Trinajstić information content (AvgIpc) is 2.62. The second kappa shape index (κ2) is 7.82. The molecule has 0 atom stereocenters. The fraction of sp³-hybridized carbons (Fsp3) is 0.381. The smallest absolute Gasteiger partial charge is 0.241 e. The number of anilines is 1. The molecule has 6 heteroatoms. The number of hydrogen-bond acceptors (Lipinski definition) is 3. The van der Waals surface area contributed by atoms with Crippen molar-refractivity contribution in [2.75, 3.05) is 11.4 Å². The SMILES string of the molecule is CC(C)(Cc1ccccc1)NS(=O)(=O)c1ccc(N2CCCCC2=O)cc1. The highest BCUT2D eigenvalue weighted by molar-refractivity contribution is 7.89. The van der Waals surface area contributed by atoms with E-state index in [1.807, 2.05) is 44.2 Å². The molecule has 1 heterocycles. The molecule has 3 rings (SSSR count). The van der Waals surface area contributed by atoms with E-state index in [0.29, 0.717) is 19.4 Å². The van der Waals surface area contributed by atoms with Crippen molar-refractivity contribution in [3.63, 3.8) is 0 Å². The molecule has 1 N–H and O–H groups in total. The molecule has 1 amide bonds. The first-order chi connectivity index (χ1) is 12.8. The molecule has 0 radical (unpaired) electrons. The van der Waals surface area contributed by atoms with E-state index in [0.717, 1.165) is 24.1 Å². The van der Waals surface area contributed by atoms with Gasteiger partial charge in [-0.25, -0.2) is 13.1 Å². The number of hydrogen-bond donors (Lipinski definition) is 1. The van der Waals surface area contributed by atoms with Crippen LogP contribution >= 0.6 is 0 Å². The Labute approximate surface area is 161 Å². The summed E-state index contributed by atoms with van der Waals surface area (Å²) in [5, 5.41) is 0. The van der Waals surface area contributed by atoms with Crippen LogP contribution in [0.15, 0.2) is 59.5 Å². The Balaban J connectivity index is 1.73. The first kappa shape index (κ1) is 19.6. The first-order valence-electron chi connectivity index (χ1n) is 9.25. The molecule has 5 nitrogen and oxygen atoms in total. The highest BCUT2D eigenvalue weighted by atomic mass is 32.2. The van der Waals surface area contributed by atoms with Gasteiger partial charge in [-0.2, -0.15) is 0 Å². The third-order valence-corrected chi connectivity index (χ3v) is 6.40. The van der Waals surface area contributed by atoms with Gasteiger partial charge in [-0.1, -0.05) is 30.3 Å². The molecule has 1 aliphatic heterocycles. The van der Waals surface area contributed by atoms with Crippen LogP contribution in [0.5, 0.6) is 0 Å². The Morgan fingerprint density at radius 3 is 2.30 bits per heavy atom. The van der Waals surface area contributed by atoms with Crippen molar-refractivity contribution >= 4 is 21.6 Å². The van der Waals surface area contributed by atoms with E-state index in [1.54, 1.807) is 29.2 Å². The van der Waals surface area contributed by atoms with Gasteiger partial charge < -0.3 is 4.90 Å². The minimum absolute atomic E-state index is 0.0963. The molecule has 144 valence electrons. The molecule has 0 aromatic heterocycles. The van der Waals surface area contributed by atoms with Crippen LogP contribution in [-0.2, 0) is 21.2 Å². The Hall–Kier alpha value is -2.18. The zero-order valence-corrected chi connectivity index (χ0v) is 16.6. The van der Waals surface area contributed by atoms with Crippen LogP contribution in [0.25, 0.3) is 0 Å². The lowest BCUT2D eigenvalue weighted by molar-refractivity contribution is -0.119. The fourth-order valence-electron chi connectivity index (χ4n) is 3.45. The summed E-state index contributed by atoms with van der Waals surface area (Å²) in [6.45, 7) is 4.43. The highest BCUT2D eigenvalue weighted by Gasteiger charge is 2.27. The summed E-state index contributed by atoms with van der Waals surface area (Å²) in [6, 6.07) is 16.4. The van der Waals surface area contributed by atoms with E-state index >= 15 is 0 Å². The van der Waals surface area contributed by atoms with Gasteiger partial charge in [-0.3, -0.25) is 4.79 Å². The molecule has 1 aliphatic rings. The molecule has 2 aromatic carbocycles. The van der Waals surface area contributed by atoms with E-state index in [4.69, 9.17) is 0 Å². The second-order valence-electron chi connectivity index (χ2n) is 7.65. The molecule has 0 bridgehead atoms. The Morgan fingerprint density at radius 2 is 1.67 bits per heavy atom. The number of nitrogens with zero attached hydrogens (tertiary/aromatic N) is 1. The van der Waals surface area contributed by atoms with Gasteiger partial charge in [-0.05, 0) is 62.9 Å². The van der Waals surface area contributed by atoms with Gasteiger partial charge in [0.2, 0.25) is 15.9 Å². The number of carbonyl (C=O) groups is 1. The average molecular weight is 387 g/mol. The summed E-state index contributed by atoms with van der Waals surface area (Å²) in [6.07, 6.45) is 3.03. The minimum atomic E-state index is -3.65. The summed E-state index contributed by atoms with van der Waals surface area (Å²) in [5.74, 6) is 0.0963. The van der Waals surface area contributed by atoms with Crippen LogP contribution < -0.4 is 9.62 Å². The zero-order chi connectivity index (χ0) is 19.5. The fourth-order valence-corrected chi connectivity index (χ4v) is 4.86. The van der Waals surface area contributed by atoms with Crippen LogP contribution in [0.1, 0.15) is 38.7 Å². The van der Waals surface area contributed by atoms with Gasteiger partial charge in [0, 0.05) is 24.2 Å². The lowest BCUT2D eigenvalue weighted by Crippen LogP contribution is -2.45. The maximum absolute atomic E-state index is 12.8. The van der Waals surface area contributed by atoms with E-state index in [-0.39, 0.29) is 10.8 Å². The number of benzene rings is 2. The highest BCUT2D eigenvalue weighted by Crippen LogP contribution is 2.24. The Bertz CT molecular complexity index is 891. The topological polar surface area (TPSA) is 66.5 Å². The first-order valence-corrected chi connectivity index (χ1v) is 10.7. The van der Waals surface area contributed by atoms with E-state index in [9.17, 15) is 13.2 Å². The third kappa shape index (κ3) is 4.96. The van der Waals surface area contributed by atoms with Gasteiger partial charge in [-0.15, -0.1) is 0 Å². The van der Waals surface area contributed by atoms with Crippen molar-refractivity contribution < 1.29 is 13.2 Å². The Morgan fingerprint density at radius 1 is 1.00 bits per heavy atom. The van der Waals surface area contributed by atoms with Gasteiger partial charge in [0.15, 0.2) is 0 Å². The molecule has 0 saturated carbocycles. The van der Waals surface area contributed by atoms with Gasteiger partial charge in [0.25, 0.3) is 0 Å². The number of rotatable bonds is 6. The number of piperidine rings is 1. The molecule has 0 spiro atoms. The van der Waals surface area contributed by atoms with Gasteiger partial charge >= 0.3 is 0 Å². The molecular formula is C21H26N2O3S. The normalized spacial score (nSPS) is 15.8. The van der Waals surface area contributed by atoms with Crippen LogP contribution in [-0.4, -0.2) is 26.4 Å². The van der Waals surface area contributed by atoms with Crippen molar-refractivity contribution in [1.82, 2.24) is 4.72 Å². The zero-order valence-electron chi connectivity index (χ0n) is 15.8. The summed E-state index contributed by atoms with van der Waals surface area (Å²) < 4.78 is 28.4. The van der Waals surface area contributed by atoms with Crippen molar-refractivity contribution in [1.29, 1.82) is 0 Å². The van der Waals surface area contributed by atoms with Gasteiger partial charge in [0.1, 0.15) is 0 Å². The molecular weight excluding hydrogens is 360 g/mol. The van der Waals surface area contributed by atoms with Crippen molar-refractivity contribution in [2.45, 2.75) is 50.0 Å². The molecule has 0 aliphatic carbocycles. The summed E-state index contributed by atoms with van der Waals surface area (Å²) in [5.41, 5.74) is 1.20. The summed E-state index contributed by atoms with van der Waals surface area (Å²) >= 11 is 0. The quantitative estimate of drug-likeness (QED) is 0.826. The number of carbonyl (C=O) groups excluding carboxylic acids is 1. The van der Waals surface area contributed by atoms with Crippen molar-refractivity contribution in [3.8, 4) is 0 Å². The molecule has 2 aromatic rings. The van der Waals surface area contributed by atoms with Crippen molar-refractivity contribution in [2.24, 2.45) is 0 Å². The minimum Gasteiger partial charge on any atom is -0.312 e. The lowest BCUT2D eigenvalue weighted by Gasteiger charge is -2.28. The third-order valence-electron chi connectivity index (χ3n) is 4.68. The predicted molar refractivity (Wildman–Crippen MR) is 107 cm³/mol. The standard InChI is InChI=1S/C21H26N2O3S/c1-21(2,16-17-8-4-3-5-9-17)22-27(25,26)19-13-11-18(12-14-19)23-15-7-6-10-20(23)24/h3-5,8-9,11-14,22H,6-7,10,15-16H2,1-2H3. The van der Waals surface area contributed by atoms with E-state index < -0.39 is 15.6 Å². The molecule has 27 heavy (non-hydrogen) atoms. The van der Waals surface area contributed by atoms with Gasteiger partial charge in [0.05, 0.1) is 4.90 Å². The summed E-state index contributed by atoms with van der Waals surface area (Å²) in [4.78, 5) is 14.0. The van der Waals surface area contributed by atoms with Crippen LogP contribution in [0.3, 0.4) is 0 Å². The number of amides is 1. The molecule has 1 saturated heterocycles. The van der Waals surface area contributed by atoms with Crippen molar-refractivity contribution in [3.05, 3.63) is 60.2 Å².